The molecule has 0 saturated carbocycles. The largest absolute Gasteiger partial charge is 0.364 e. The highest BCUT2D eigenvalue weighted by molar-refractivity contribution is 5.94. The first kappa shape index (κ1) is 9.09. The topological polar surface area (TPSA) is 38.9 Å². The van der Waals surface area contributed by atoms with Crippen molar-refractivity contribution in [2.45, 2.75) is 6.92 Å². The van der Waals surface area contributed by atoms with Gasteiger partial charge < -0.3 is 4.52 Å². The summed E-state index contributed by atoms with van der Waals surface area (Å²) < 4.78 is 4.90. The van der Waals surface area contributed by atoms with E-state index in [1.165, 1.54) is 0 Å². The lowest BCUT2D eigenvalue weighted by molar-refractivity contribution is 0.422. The third-order valence-electron chi connectivity index (χ3n) is 2.68. The average Bonchev–Trinajstić information content (AvgIpc) is 2.82. The van der Waals surface area contributed by atoms with Crippen LogP contribution in [0.25, 0.3) is 22.2 Å². The number of pyridine rings is 1. The van der Waals surface area contributed by atoms with Crippen LogP contribution >= 0.6 is 0 Å². The van der Waals surface area contributed by atoms with E-state index in [-0.39, 0.29) is 0 Å². The summed E-state index contributed by atoms with van der Waals surface area (Å²) in [6, 6.07) is 9.99. The fraction of sp³-hybridized carbons (Fsp3) is 0.0769. The van der Waals surface area contributed by atoms with Gasteiger partial charge in [0.2, 0.25) is 0 Å². The van der Waals surface area contributed by atoms with E-state index in [1.807, 2.05) is 18.2 Å². The fourth-order valence-corrected chi connectivity index (χ4v) is 1.91. The summed E-state index contributed by atoms with van der Waals surface area (Å²) in [6.07, 6.45) is 3.38. The molecule has 0 N–H and O–H groups in total. The van der Waals surface area contributed by atoms with Crippen molar-refractivity contribution < 1.29 is 4.52 Å². The zero-order chi connectivity index (χ0) is 11.0. The SMILES string of the molecule is Cc1ccc2cccnc2c1-c1ccon1. The van der Waals surface area contributed by atoms with Crippen LogP contribution in [0.15, 0.2) is 47.3 Å². The average molecular weight is 210 g/mol. The van der Waals surface area contributed by atoms with E-state index >= 15 is 0 Å². The summed E-state index contributed by atoms with van der Waals surface area (Å²) in [6.45, 7) is 2.05. The second kappa shape index (κ2) is 3.45. The molecule has 0 saturated heterocycles. The maximum Gasteiger partial charge on any atom is 0.124 e. The Balaban J connectivity index is 2.42. The molecule has 0 aliphatic heterocycles. The Morgan fingerprint density at radius 3 is 2.88 bits per heavy atom. The molecule has 0 aliphatic rings. The molecular weight excluding hydrogens is 200 g/mol. The predicted molar refractivity (Wildman–Crippen MR) is 62.0 cm³/mol. The first-order valence-corrected chi connectivity index (χ1v) is 5.11. The van der Waals surface area contributed by atoms with Crippen LogP contribution in [0, 0.1) is 6.92 Å². The lowest BCUT2D eigenvalue weighted by Gasteiger charge is -2.05. The van der Waals surface area contributed by atoms with Gasteiger partial charge in [0.1, 0.15) is 12.0 Å². The van der Waals surface area contributed by atoms with E-state index in [9.17, 15) is 0 Å². The van der Waals surface area contributed by atoms with Crippen molar-refractivity contribution in [2.24, 2.45) is 0 Å². The van der Waals surface area contributed by atoms with E-state index in [0.29, 0.717) is 0 Å². The molecular formula is C13H10N2O. The molecule has 0 spiro atoms. The van der Waals surface area contributed by atoms with E-state index < -0.39 is 0 Å². The Bertz CT molecular complexity index is 629. The summed E-state index contributed by atoms with van der Waals surface area (Å²) in [4.78, 5) is 4.42. The minimum atomic E-state index is 0.835. The van der Waals surface area contributed by atoms with Gasteiger partial charge in [-0.15, -0.1) is 0 Å². The Morgan fingerprint density at radius 1 is 1.12 bits per heavy atom. The van der Waals surface area contributed by atoms with E-state index in [1.54, 1.807) is 12.5 Å². The standard InChI is InChI=1S/C13H10N2O/c1-9-4-5-10-3-2-7-14-13(10)12(9)11-6-8-16-15-11/h2-8H,1H3. The number of hydrogen-bond donors (Lipinski definition) is 0. The molecule has 0 amide bonds. The van der Waals surface area contributed by atoms with Gasteiger partial charge in [0, 0.05) is 23.2 Å². The van der Waals surface area contributed by atoms with Crippen molar-refractivity contribution >= 4 is 10.9 Å². The van der Waals surface area contributed by atoms with Crippen LogP contribution < -0.4 is 0 Å². The maximum atomic E-state index is 4.90. The van der Waals surface area contributed by atoms with E-state index in [2.05, 4.69) is 29.2 Å². The van der Waals surface area contributed by atoms with Gasteiger partial charge in [0.15, 0.2) is 0 Å². The molecule has 0 bridgehead atoms. The minimum absolute atomic E-state index is 0.835. The van der Waals surface area contributed by atoms with Gasteiger partial charge in [-0.05, 0) is 18.6 Å². The molecule has 0 aliphatic carbocycles. The first-order chi connectivity index (χ1) is 7.86. The molecule has 0 unspecified atom stereocenters. The molecule has 0 fully saturated rings. The number of fused-ring (bicyclic) bond motifs is 1. The first-order valence-electron chi connectivity index (χ1n) is 5.11. The summed E-state index contributed by atoms with van der Waals surface area (Å²) in [5.41, 5.74) is 4.00. The van der Waals surface area contributed by atoms with Gasteiger partial charge in [-0.2, -0.15) is 0 Å². The van der Waals surface area contributed by atoms with Crippen molar-refractivity contribution in [2.75, 3.05) is 0 Å². The number of nitrogens with zero attached hydrogens (tertiary/aromatic N) is 2. The lowest BCUT2D eigenvalue weighted by atomic mass is 10.0. The molecule has 0 atom stereocenters. The van der Waals surface area contributed by atoms with E-state index in [0.717, 1.165) is 27.7 Å². The highest BCUT2D eigenvalue weighted by atomic mass is 16.5. The van der Waals surface area contributed by atoms with E-state index in [4.69, 9.17) is 4.52 Å². The van der Waals surface area contributed by atoms with Crippen LogP contribution in [0.3, 0.4) is 0 Å². The second-order valence-electron chi connectivity index (χ2n) is 3.72. The molecule has 0 radical (unpaired) electrons. The quantitative estimate of drug-likeness (QED) is 0.619. The highest BCUT2D eigenvalue weighted by Gasteiger charge is 2.10. The molecule has 1 aromatic carbocycles. The Labute approximate surface area is 92.7 Å². The van der Waals surface area contributed by atoms with Crippen molar-refractivity contribution in [3.8, 4) is 11.3 Å². The zero-order valence-corrected chi connectivity index (χ0v) is 8.84. The smallest absolute Gasteiger partial charge is 0.124 e. The molecule has 78 valence electrons. The number of hydrogen-bond acceptors (Lipinski definition) is 3. The third kappa shape index (κ3) is 1.29. The lowest BCUT2D eigenvalue weighted by Crippen LogP contribution is -1.88. The molecule has 16 heavy (non-hydrogen) atoms. The maximum absolute atomic E-state index is 4.90. The van der Waals surface area contributed by atoms with Crippen molar-refractivity contribution in [3.63, 3.8) is 0 Å². The molecule has 3 aromatic rings. The molecule has 3 nitrogen and oxygen atoms in total. The van der Waals surface area contributed by atoms with Crippen LogP contribution in [0.5, 0.6) is 0 Å². The van der Waals surface area contributed by atoms with Crippen molar-refractivity contribution in [1.29, 1.82) is 0 Å². The molecule has 2 aromatic heterocycles. The second-order valence-corrected chi connectivity index (χ2v) is 3.72. The number of rotatable bonds is 1. The number of aryl methyl sites for hydroxylation is 1. The van der Waals surface area contributed by atoms with Crippen LogP contribution in [-0.4, -0.2) is 10.1 Å². The summed E-state index contributed by atoms with van der Waals surface area (Å²) in [5.74, 6) is 0. The Hall–Kier alpha value is -2.16. The third-order valence-corrected chi connectivity index (χ3v) is 2.68. The summed E-state index contributed by atoms with van der Waals surface area (Å²) in [5, 5.41) is 5.10. The molecule has 2 heterocycles. The summed E-state index contributed by atoms with van der Waals surface area (Å²) in [7, 11) is 0. The van der Waals surface area contributed by atoms with Gasteiger partial charge in [-0.3, -0.25) is 4.98 Å². The normalized spacial score (nSPS) is 10.8. The highest BCUT2D eigenvalue weighted by Crippen LogP contribution is 2.28. The van der Waals surface area contributed by atoms with Gasteiger partial charge in [-0.1, -0.05) is 23.4 Å². The zero-order valence-electron chi connectivity index (χ0n) is 8.84. The van der Waals surface area contributed by atoms with Crippen LogP contribution in [-0.2, 0) is 0 Å². The fourth-order valence-electron chi connectivity index (χ4n) is 1.91. The molecule has 3 rings (SSSR count). The van der Waals surface area contributed by atoms with Gasteiger partial charge >= 0.3 is 0 Å². The minimum Gasteiger partial charge on any atom is -0.364 e. The van der Waals surface area contributed by atoms with Gasteiger partial charge in [0.25, 0.3) is 0 Å². The number of aromatic nitrogens is 2. The van der Waals surface area contributed by atoms with Gasteiger partial charge in [-0.25, -0.2) is 0 Å². The monoisotopic (exact) mass is 210 g/mol. The van der Waals surface area contributed by atoms with Gasteiger partial charge in [0.05, 0.1) is 5.52 Å². The van der Waals surface area contributed by atoms with Crippen LogP contribution in [0.4, 0.5) is 0 Å². The predicted octanol–water partition coefficient (Wildman–Crippen LogP) is 3.20. The number of benzene rings is 1. The Kier molecular flexibility index (Phi) is 1.96. The van der Waals surface area contributed by atoms with Crippen molar-refractivity contribution in [1.82, 2.24) is 10.1 Å². The van der Waals surface area contributed by atoms with Crippen LogP contribution in [0.2, 0.25) is 0 Å². The molecule has 3 heteroatoms. The summed E-state index contributed by atoms with van der Waals surface area (Å²) >= 11 is 0. The van der Waals surface area contributed by atoms with Crippen LogP contribution in [0.1, 0.15) is 5.56 Å². The van der Waals surface area contributed by atoms with Crippen molar-refractivity contribution in [3.05, 3.63) is 48.4 Å². The Morgan fingerprint density at radius 2 is 2.06 bits per heavy atom.